The third-order valence-electron chi connectivity index (χ3n) is 4.06. The first kappa shape index (κ1) is 9.34. The number of piperidine rings is 1. The zero-order valence-electron chi connectivity index (χ0n) is 7.57. The molecule has 2 heterocycles. The molecule has 0 aromatic carbocycles. The van der Waals surface area contributed by atoms with Gasteiger partial charge < -0.3 is 16.9 Å². The molecule has 0 radical (unpaired) electrons. The number of rotatable bonds is 0. The third kappa shape index (κ3) is 1.09. The normalized spacial score (nSPS) is 48.5. The first-order valence-corrected chi connectivity index (χ1v) is 4.51. The van der Waals surface area contributed by atoms with E-state index in [0.717, 1.165) is 0 Å². The van der Waals surface area contributed by atoms with Crippen LogP contribution >= 0.6 is 0 Å². The van der Waals surface area contributed by atoms with E-state index >= 15 is 0 Å². The van der Waals surface area contributed by atoms with Crippen LogP contribution in [0.1, 0.15) is 32.6 Å². The van der Waals surface area contributed by atoms with Gasteiger partial charge in [0.25, 0.3) is 0 Å². The topological polar surface area (TPSA) is 0 Å². The fourth-order valence-electron chi connectivity index (χ4n) is 2.62. The Morgan fingerprint density at radius 3 is 2.09 bits per heavy atom. The highest BCUT2D eigenvalue weighted by atomic mass is 35.5. The molecule has 2 atom stereocenters. The molecular weight excluding hydrogens is 158 g/mol. The van der Waals surface area contributed by atoms with Crippen LogP contribution in [-0.4, -0.2) is 30.2 Å². The maximum absolute atomic E-state index is 2.47. The molecule has 2 unspecified atom stereocenters. The van der Waals surface area contributed by atoms with Crippen molar-refractivity contribution >= 4 is 0 Å². The molecule has 2 aliphatic rings. The van der Waals surface area contributed by atoms with E-state index in [4.69, 9.17) is 0 Å². The second-order valence-electron chi connectivity index (χ2n) is 4.55. The van der Waals surface area contributed by atoms with E-state index in [1.165, 1.54) is 43.3 Å². The predicted octanol–water partition coefficient (Wildman–Crippen LogP) is -1.22. The van der Waals surface area contributed by atoms with Crippen molar-refractivity contribution in [3.05, 3.63) is 0 Å². The zero-order valence-corrected chi connectivity index (χ0v) is 8.32. The van der Waals surface area contributed by atoms with Gasteiger partial charge in [-0.15, -0.1) is 0 Å². The smallest absolute Gasteiger partial charge is 0.102 e. The molecule has 0 saturated carbocycles. The molecule has 0 N–H and O–H groups in total. The Kier molecular flexibility index (Phi) is 2.24. The van der Waals surface area contributed by atoms with Crippen LogP contribution in [0, 0.1) is 0 Å². The van der Waals surface area contributed by atoms with E-state index in [0.29, 0.717) is 5.54 Å². The van der Waals surface area contributed by atoms with E-state index in [1.807, 2.05) is 0 Å². The number of hydrogen-bond acceptors (Lipinski definition) is 0. The Bertz CT molecular complexity index is 142. The fourth-order valence-corrected chi connectivity index (χ4v) is 2.62. The second kappa shape index (κ2) is 2.63. The van der Waals surface area contributed by atoms with Crippen LogP contribution in [0.15, 0.2) is 0 Å². The van der Waals surface area contributed by atoms with Gasteiger partial charge in [0, 0.05) is 6.42 Å². The van der Waals surface area contributed by atoms with Gasteiger partial charge in [-0.1, -0.05) is 0 Å². The quantitative estimate of drug-likeness (QED) is 0.405. The molecule has 0 spiro atoms. The second-order valence-corrected chi connectivity index (χ2v) is 4.55. The minimum Gasteiger partial charge on any atom is -1.00 e. The van der Waals surface area contributed by atoms with Gasteiger partial charge in [0.1, 0.15) is 5.54 Å². The number of halogens is 1. The van der Waals surface area contributed by atoms with Crippen LogP contribution in [-0.2, 0) is 0 Å². The Labute approximate surface area is 75.8 Å². The van der Waals surface area contributed by atoms with Gasteiger partial charge in [0.05, 0.1) is 26.6 Å². The maximum atomic E-state index is 2.47. The standard InChI is InChI=1S/C9H18N.ClH/c1-9-5-3-4-7-10(9,2)8-6-9;/h3-8H2,1-2H3;1H/q+1;/p-1. The Balaban J connectivity index is 0.000000605. The summed E-state index contributed by atoms with van der Waals surface area (Å²) < 4.78 is 1.38. The molecule has 0 aliphatic carbocycles. The lowest BCUT2D eigenvalue weighted by molar-refractivity contribution is -1.00. The molecule has 11 heavy (non-hydrogen) atoms. The summed E-state index contributed by atoms with van der Waals surface area (Å²) in [5.41, 5.74) is 0.693. The Morgan fingerprint density at radius 1 is 1.09 bits per heavy atom. The lowest BCUT2D eigenvalue weighted by Gasteiger charge is -2.60. The van der Waals surface area contributed by atoms with Crippen LogP contribution in [0.25, 0.3) is 0 Å². The van der Waals surface area contributed by atoms with Crippen molar-refractivity contribution in [3.8, 4) is 0 Å². The van der Waals surface area contributed by atoms with Crippen LogP contribution in [0.3, 0.4) is 0 Å². The van der Waals surface area contributed by atoms with Crippen molar-refractivity contribution in [1.29, 1.82) is 0 Å². The van der Waals surface area contributed by atoms with Crippen LogP contribution in [0.4, 0.5) is 0 Å². The fraction of sp³-hybridized carbons (Fsp3) is 1.00. The number of nitrogens with zero attached hydrogens (tertiary/aromatic N) is 1. The monoisotopic (exact) mass is 175 g/mol. The van der Waals surface area contributed by atoms with Gasteiger partial charge >= 0.3 is 0 Å². The van der Waals surface area contributed by atoms with E-state index in [2.05, 4.69) is 14.0 Å². The van der Waals surface area contributed by atoms with Crippen LogP contribution < -0.4 is 12.4 Å². The van der Waals surface area contributed by atoms with Crippen molar-refractivity contribution in [3.63, 3.8) is 0 Å². The van der Waals surface area contributed by atoms with E-state index in [9.17, 15) is 0 Å². The minimum atomic E-state index is 0. The summed E-state index contributed by atoms with van der Waals surface area (Å²) in [6, 6.07) is 0. The van der Waals surface area contributed by atoms with Gasteiger partial charge in [-0.3, -0.25) is 0 Å². The molecule has 66 valence electrons. The van der Waals surface area contributed by atoms with Gasteiger partial charge in [-0.2, -0.15) is 0 Å². The Hall–Kier alpha value is 0.250. The summed E-state index contributed by atoms with van der Waals surface area (Å²) in [6.45, 7) is 5.35. The predicted molar refractivity (Wildman–Crippen MR) is 42.8 cm³/mol. The summed E-state index contributed by atoms with van der Waals surface area (Å²) in [6.07, 6.45) is 5.89. The third-order valence-corrected chi connectivity index (χ3v) is 4.06. The lowest BCUT2D eigenvalue weighted by atomic mass is 9.76. The summed E-state index contributed by atoms with van der Waals surface area (Å²) in [5.74, 6) is 0. The summed E-state index contributed by atoms with van der Waals surface area (Å²) in [7, 11) is 2.43. The molecule has 0 bridgehead atoms. The van der Waals surface area contributed by atoms with Crippen molar-refractivity contribution in [2.75, 3.05) is 20.1 Å². The molecule has 1 nitrogen and oxygen atoms in total. The summed E-state index contributed by atoms with van der Waals surface area (Å²) in [5, 5.41) is 0. The average Bonchev–Trinajstić information content (AvgIpc) is 1.92. The molecule has 2 saturated heterocycles. The molecule has 0 aromatic heterocycles. The average molecular weight is 176 g/mol. The number of hydrogen-bond donors (Lipinski definition) is 0. The maximum Gasteiger partial charge on any atom is 0.102 e. The molecule has 0 aromatic rings. The molecule has 2 heteroatoms. The molecule has 0 amide bonds. The highest BCUT2D eigenvalue weighted by Crippen LogP contribution is 2.44. The number of quaternary nitrogens is 1. The van der Waals surface area contributed by atoms with Crippen molar-refractivity contribution in [1.82, 2.24) is 0 Å². The van der Waals surface area contributed by atoms with E-state index < -0.39 is 0 Å². The van der Waals surface area contributed by atoms with Crippen LogP contribution in [0.5, 0.6) is 0 Å². The van der Waals surface area contributed by atoms with Crippen molar-refractivity contribution in [2.45, 2.75) is 38.1 Å². The highest BCUT2D eigenvalue weighted by molar-refractivity contribution is 4.86. The van der Waals surface area contributed by atoms with Gasteiger partial charge in [0.2, 0.25) is 0 Å². The van der Waals surface area contributed by atoms with E-state index in [1.54, 1.807) is 0 Å². The lowest BCUT2D eigenvalue weighted by Crippen LogP contribution is -3.00. The SMILES string of the molecule is CC12CCCC[N+]1(C)CC2.[Cl-]. The Morgan fingerprint density at radius 2 is 1.82 bits per heavy atom. The molecular formula is C9H18ClN. The number of fused-ring (bicyclic) bond motifs is 1. The van der Waals surface area contributed by atoms with Gasteiger partial charge in [-0.25, -0.2) is 0 Å². The first-order valence-electron chi connectivity index (χ1n) is 4.51. The van der Waals surface area contributed by atoms with Crippen molar-refractivity contribution in [2.24, 2.45) is 0 Å². The van der Waals surface area contributed by atoms with Gasteiger partial charge in [0.15, 0.2) is 0 Å². The van der Waals surface area contributed by atoms with Crippen LogP contribution in [0.2, 0.25) is 0 Å². The largest absolute Gasteiger partial charge is 1.00 e. The summed E-state index contributed by atoms with van der Waals surface area (Å²) >= 11 is 0. The first-order chi connectivity index (χ1) is 4.66. The summed E-state index contributed by atoms with van der Waals surface area (Å²) in [4.78, 5) is 0. The molecule has 2 fully saturated rings. The highest BCUT2D eigenvalue weighted by Gasteiger charge is 2.54. The molecule has 2 rings (SSSR count). The van der Waals surface area contributed by atoms with Gasteiger partial charge in [-0.05, 0) is 19.8 Å². The molecule has 2 aliphatic heterocycles. The zero-order chi connectivity index (χ0) is 7.24. The van der Waals surface area contributed by atoms with Crippen molar-refractivity contribution < 1.29 is 16.9 Å². The minimum absolute atomic E-state index is 0. The van der Waals surface area contributed by atoms with E-state index in [-0.39, 0.29) is 12.4 Å².